The molecule has 0 atom stereocenters. The number of hydrogen-bond donors (Lipinski definition) is 0. The Hall–Kier alpha value is -3.47. The van der Waals surface area contributed by atoms with Gasteiger partial charge < -0.3 is 14.3 Å². The Balaban J connectivity index is 0.00000253. The van der Waals surface area contributed by atoms with Crippen molar-refractivity contribution >= 4 is 49.1 Å². The zero-order chi connectivity index (χ0) is 25.2. The third-order valence-corrected chi connectivity index (χ3v) is 8.67. The quantitative estimate of drug-likeness (QED) is 0.177. The van der Waals surface area contributed by atoms with E-state index < -0.39 is 0 Å². The zero-order valence-corrected chi connectivity index (χ0v) is 24.4. The molecule has 0 N–H and O–H groups in total. The summed E-state index contributed by atoms with van der Waals surface area (Å²) in [7, 11) is 0. The Morgan fingerprint density at radius 1 is 0.795 bits per heavy atom. The van der Waals surface area contributed by atoms with E-state index in [-0.39, 0.29) is 20.1 Å². The van der Waals surface area contributed by atoms with Gasteiger partial charge in [-0.05, 0) is 67.0 Å². The van der Waals surface area contributed by atoms with Gasteiger partial charge in [0.25, 0.3) is 0 Å². The van der Waals surface area contributed by atoms with Gasteiger partial charge in [0.2, 0.25) is 0 Å². The van der Waals surface area contributed by atoms with Crippen molar-refractivity contribution < 1.29 is 20.1 Å². The van der Waals surface area contributed by atoms with Crippen LogP contribution in [0.2, 0.25) is 0 Å². The molecule has 7 aromatic rings. The van der Waals surface area contributed by atoms with Crippen LogP contribution in [0.15, 0.2) is 72.9 Å². The fraction of sp³-hybridized carbons (Fsp3) is 0.273. The van der Waals surface area contributed by atoms with E-state index in [9.17, 15) is 0 Å². The van der Waals surface area contributed by atoms with Crippen molar-refractivity contribution in [2.24, 2.45) is 0 Å². The molecule has 6 heteroatoms. The molecule has 4 aromatic heterocycles. The molecule has 1 fully saturated rings. The van der Waals surface area contributed by atoms with Gasteiger partial charge in [0.05, 0.1) is 5.52 Å². The number of fused-ring (bicyclic) bond motifs is 9. The molecular weight excluding hydrogens is 659 g/mol. The summed E-state index contributed by atoms with van der Waals surface area (Å²) in [5, 5.41) is 14.6. The van der Waals surface area contributed by atoms with E-state index in [2.05, 4.69) is 94.2 Å². The fourth-order valence-corrected chi connectivity index (χ4v) is 6.89. The monoisotopic (exact) mass is 689 g/mol. The first-order chi connectivity index (χ1) is 18.8. The molecule has 1 aliphatic rings. The Labute approximate surface area is 240 Å². The van der Waals surface area contributed by atoms with Crippen molar-refractivity contribution in [2.45, 2.75) is 58.0 Å². The molecule has 4 heterocycles. The summed E-state index contributed by atoms with van der Waals surface area (Å²) < 4.78 is 6.69. The van der Waals surface area contributed by atoms with Gasteiger partial charge in [-0.1, -0.05) is 84.3 Å². The summed E-state index contributed by atoms with van der Waals surface area (Å²) in [6, 6.07) is 25.3. The average molecular weight is 689 g/mol. The molecule has 39 heavy (non-hydrogen) atoms. The van der Waals surface area contributed by atoms with Gasteiger partial charge in [0.1, 0.15) is 0 Å². The minimum atomic E-state index is 0. The second-order valence-electron chi connectivity index (χ2n) is 10.8. The standard InChI is InChI=1S/C33H30N5.Ir/c1-2-36-29-11-7-6-10-25(29)27-19-23(13-15-30(27)36)18-22-12-14-26-28(20-22)33-32(38-31(26)16-17-34-38)21-35-37(33)24-8-4-3-5-9-24;/h6-7,10-17,19-20,24H,2-5,8-9,18H2,1H3;/q-1;. The first-order valence-electron chi connectivity index (χ1n) is 14.0. The van der Waals surface area contributed by atoms with Crippen LogP contribution in [0.3, 0.4) is 0 Å². The molecular formula is C33H30IrN5-. The van der Waals surface area contributed by atoms with Crippen LogP contribution in [-0.4, -0.2) is 24.0 Å². The van der Waals surface area contributed by atoms with Gasteiger partial charge in [-0.15, -0.1) is 0 Å². The Kier molecular flexibility index (Phi) is 6.06. The maximum absolute atomic E-state index is 4.81. The summed E-state index contributed by atoms with van der Waals surface area (Å²) in [5.41, 5.74) is 8.55. The molecule has 0 spiro atoms. The van der Waals surface area contributed by atoms with E-state index in [0.29, 0.717) is 6.04 Å². The zero-order valence-electron chi connectivity index (χ0n) is 22.0. The van der Waals surface area contributed by atoms with Crippen molar-refractivity contribution in [2.75, 3.05) is 0 Å². The molecule has 5 nitrogen and oxygen atoms in total. The molecule has 0 amide bonds. The number of aromatic nitrogens is 5. The van der Waals surface area contributed by atoms with Crippen LogP contribution in [0.25, 0.3) is 49.1 Å². The topological polar surface area (TPSA) is 40.0 Å². The molecule has 1 saturated carbocycles. The predicted octanol–water partition coefficient (Wildman–Crippen LogP) is 7.86. The normalized spacial score (nSPS) is 14.7. The molecule has 197 valence electrons. The van der Waals surface area contributed by atoms with Gasteiger partial charge in [0, 0.05) is 60.7 Å². The van der Waals surface area contributed by atoms with Gasteiger partial charge in [-0.25, -0.2) is 0 Å². The molecule has 0 aliphatic heterocycles. The number of nitrogens with zero attached hydrogens (tertiary/aromatic N) is 5. The molecule has 0 unspecified atom stereocenters. The summed E-state index contributed by atoms with van der Waals surface area (Å²) in [4.78, 5) is 0. The minimum Gasteiger partial charge on any atom is -0.356 e. The number of pyridine rings is 1. The van der Waals surface area contributed by atoms with Gasteiger partial charge >= 0.3 is 0 Å². The molecule has 1 radical (unpaired) electrons. The molecule has 3 aromatic carbocycles. The SMILES string of the molecule is CCn1c2ccccc2c2cc(Cc3ccc4c(c3)c3c([c-]nn3C3CCCCC3)n3nccc43)ccc21.[Ir]. The van der Waals surface area contributed by atoms with Crippen molar-refractivity contribution in [1.82, 2.24) is 24.0 Å². The number of rotatable bonds is 4. The van der Waals surface area contributed by atoms with Crippen molar-refractivity contribution in [3.05, 3.63) is 90.3 Å². The second kappa shape index (κ2) is 9.62. The Bertz CT molecular complexity index is 1990. The van der Waals surface area contributed by atoms with Crippen LogP contribution in [0.5, 0.6) is 0 Å². The second-order valence-corrected chi connectivity index (χ2v) is 10.8. The minimum absolute atomic E-state index is 0. The summed E-state index contributed by atoms with van der Waals surface area (Å²) >= 11 is 0. The van der Waals surface area contributed by atoms with Crippen LogP contribution >= 0.6 is 0 Å². The molecule has 8 rings (SSSR count). The molecule has 0 bridgehead atoms. The van der Waals surface area contributed by atoms with E-state index in [1.54, 1.807) is 0 Å². The first-order valence-corrected chi connectivity index (χ1v) is 14.0. The smallest absolute Gasteiger partial charge is 0.0697 e. The van der Waals surface area contributed by atoms with Gasteiger partial charge in [0.15, 0.2) is 0 Å². The van der Waals surface area contributed by atoms with Crippen LogP contribution in [0.1, 0.15) is 56.2 Å². The van der Waals surface area contributed by atoms with Crippen LogP contribution < -0.4 is 0 Å². The maximum Gasteiger partial charge on any atom is 0.0697 e. The van der Waals surface area contributed by atoms with Crippen LogP contribution in [-0.2, 0) is 33.1 Å². The van der Waals surface area contributed by atoms with E-state index in [1.807, 2.05) is 10.7 Å². The summed E-state index contributed by atoms with van der Waals surface area (Å²) in [5.74, 6) is 0. The third kappa shape index (κ3) is 3.76. The van der Waals surface area contributed by atoms with Crippen LogP contribution in [0, 0.1) is 6.20 Å². The Morgan fingerprint density at radius 3 is 2.38 bits per heavy atom. The average Bonchev–Trinajstić information content (AvgIpc) is 3.69. The largest absolute Gasteiger partial charge is 0.356 e. The van der Waals surface area contributed by atoms with Gasteiger partial charge in [-0.2, -0.15) is 5.10 Å². The molecule has 0 saturated heterocycles. The first kappa shape index (κ1) is 24.6. The van der Waals surface area contributed by atoms with E-state index in [0.717, 1.165) is 24.0 Å². The maximum atomic E-state index is 4.81. The Morgan fingerprint density at radius 2 is 1.54 bits per heavy atom. The number of benzene rings is 3. The molecule has 1 aliphatic carbocycles. The third-order valence-electron chi connectivity index (χ3n) is 8.67. The van der Waals surface area contributed by atoms with Crippen molar-refractivity contribution in [3.63, 3.8) is 0 Å². The number of aryl methyl sites for hydroxylation is 1. The van der Waals surface area contributed by atoms with E-state index in [4.69, 9.17) is 5.10 Å². The fourth-order valence-electron chi connectivity index (χ4n) is 6.89. The number of hydrogen-bond acceptors (Lipinski definition) is 2. The summed E-state index contributed by atoms with van der Waals surface area (Å²) in [6.07, 6.45) is 12.4. The van der Waals surface area contributed by atoms with E-state index >= 15 is 0 Å². The van der Waals surface area contributed by atoms with Crippen molar-refractivity contribution in [1.29, 1.82) is 0 Å². The summed E-state index contributed by atoms with van der Waals surface area (Å²) in [6.45, 7) is 3.20. The number of para-hydroxylation sites is 1. The van der Waals surface area contributed by atoms with E-state index in [1.165, 1.54) is 81.3 Å². The van der Waals surface area contributed by atoms with Crippen molar-refractivity contribution in [3.8, 4) is 0 Å². The van der Waals surface area contributed by atoms with Crippen LogP contribution in [0.4, 0.5) is 0 Å². The van der Waals surface area contributed by atoms with Gasteiger partial charge in [-0.3, -0.25) is 4.52 Å². The predicted molar refractivity (Wildman–Crippen MR) is 155 cm³/mol.